The van der Waals surface area contributed by atoms with Gasteiger partial charge in [0.1, 0.15) is 4.88 Å². The van der Waals surface area contributed by atoms with E-state index in [1.54, 1.807) is 5.38 Å². The summed E-state index contributed by atoms with van der Waals surface area (Å²) in [4.78, 5) is 10.8. The third kappa shape index (κ3) is 2.13. The molecule has 0 amide bonds. The maximum absolute atomic E-state index is 11.5. The van der Waals surface area contributed by atoms with E-state index in [-0.39, 0.29) is 15.8 Å². The molecule has 0 spiro atoms. The largest absolute Gasteiger partial charge is 0.477 e. The monoisotopic (exact) mass is 247 g/mol. The Labute approximate surface area is 90.8 Å². The summed E-state index contributed by atoms with van der Waals surface area (Å²) in [6.07, 6.45) is 1.31. The van der Waals surface area contributed by atoms with Gasteiger partial charge in [-0.05, 0) is 24.3 Å². The molecule has 82 valence electrons. The van der Waals surface area contributed by atoms with Gasteiger partial charge in [-0.25, -0.2) is 13.2 Å². The first kappa shape index (κ1) is 10.4. The van der Waals surface area contributed by atoms with Gasteiger partial charge in [-0.3, -0.25) is 4.72 Å². The molecule has 15 heavy (non-hydrogen) atoms. The Kier molecular flexibility index (Phi) is 2.43. The Morgan fingerprint density at radius 2 is 2.20 bits per heavy atom. The number of thiophene rings is 1. The van der Waals surface area contributed by atoms with E-state index in [0.29, 0.717) is 12.8 Å². The number of nitrogens with one attached hydrogen (secondary N) is 1. The van der Waals surface area contributed by atoms with Crippen LogP contribution in [0.2, 0.25) is 0 Å². The van der Waals surface area contributed by atoms with E-state index < -0.39 is 16.0 Å². The van der Waals surface area contributed by atoms with Gasteiger partial charge in [0.2, 0.25) is 10.0 Å². The summed E-state index contributed by atoms with van der Waals surface area (Å²) in [5.74, 6) is -1.11. The van der Waals surface area contributed by atoms with Crippen LogP contribution in [-0.4, -0.2) is 24.7 Å². The highest BCUT2D eigenvalue weighted by Gasteiger charge is 2.36. The number of carbonyl (C=O) groups is 1. The molecule has 1 heterocycles. The van der Waals surface area contributed by atoms with Crippen molar-refractivity contribution in [2.75, 3.05) is 4.72 Å². The van der Waals surface area contributed by atoms with Gasteiger partial charge in [-0.15, -0.1) is 11.3 Å². The molecule has 5 nitrogen and oxygen atoms in total. The first-order valence-electron chi connectivity index (χ1n) is 4.33. The highest BCUT2D eigenvalue weighted by Crippen LogP contribution is 2.31. The minimum Gasteiger partial charge on any atom is -0.477 e. The fourth-order valence-electron chi connectivity index (χ4n) is 1.17. The molecule has 0 radical (unpaired) electrons. The lowest BCUT2D eigenvalue weighted by Crippen LogP contribution is -2.18. The van der Waals surface area contributed by atoms with E-state index in [0.717, 1.165) is 11.3 Å². The Hall–Kier alpha value is -1.08. The molecule has 2 N–H and O–H groups in total. The van der Waals surface area contributed by atoms with E-state index in [9.17, 15) is 13.2 Å². The SMILES string of the molecule is O=C(O)c1sccc1NS(=O)(=O)C1CC1. The fourth-order valence-corrected chi connectivity index (χ4v) is 3.32. The number of aromatic carboxylic acids is 1. The molecule has 1 aromatic heterocycles. The van der Waals surface area contributed by atoms with Crippen molar-refractivity contribution in [1.29, 1.82) is 0 Å². The lowest BCUT2D eigenvalue weighted by molar-refractivity contribution is 0.0703. The molecule has 0 unspecified atom stereocenters. The molecule has 1 aliphatic carbocycles. The van der Waals surface area contributed by atoms with E-state index in [4.69, 9.17) is 5.11 Å². The van der Waals surface area contributed by atoms with Gasteiger partial charge in [-0.1, -0.05) is 0 Å². The minimum absolute atomic E-state index is 0.0271. The number of sulfonamides is 1. The van der Waals surface area contributed by atoms with Crippen LogP contribution in [0.3, 0.4) is 0 Å². The van der Waals surface area contributed by atoms with Gasteiger partial charge in [0, 0.05) is 0 Å². The molecule has 1 aromatic rings. The number of carboxylic acids is 1. The summed E-state index contributed by atoms with van der Waals surface area (Å²) in [5.41, 5.74) is 0.166. The average Bonchev–Trinajstić information content (AvgIpc) is 2.88. The lowest BCUT2D eigenvalue weighted by Gasteiger charge is -2.05. The highest BCUT2D eigenvalue weighted by molar-refractivity contribution is 7.93. The number of hydrogen-bond acceptors (Lipinski definition) is 4. The smallest absolute Gasteiger partial charge is 0.348 e. The van der Waals surface area contributed by atoms with Crippen LogP contribution < -0.4 is 4.72 Å². The number of carboxylic acid groups (broad SMARTS) is 1. The Bertz CT molecular complexity index is 486. The zero-order valence-corrected chi connectivity index (χ0v) is 9.27. The molecular formula is C8H9NO4S2. The van der Waals surface area contributed by atoms with E-state index in [1.807, 2.05) is 0 Å². The summed E-state index contributed by atoms with van der Waals surface area (Å²) >= 11 is 1.00. The van der Waals surface area contributed by atoms with Gasteiger partial charge in [-0.2, -0.15) is 0 Å². The zero-order valence-electron chi connectivity index (χ0n) is 7.63. The van der Waals surface area contributed by atoms with Crippen LogP contribution in [0.4, 0.5) is 5.69 Å². The zero-order chi connectivity index (χ0) is 11.1. The third-order valence-electron chi connectivity index (χ3n) is 2.07. The maximum Gasteiger partial charge on any atom is 0.348 e. The van der Waals surface area contributed by atoms with Crippen LogP contribution in [0, 0.1) is 0 Å². The van der Waals surface area contributed by atoms with Gasteiger partial charge in [0.25, 0.3) is 0 Å². The van der Waals surface area contributed by atoms with Crippen molar-refractivity contribution in [3.05, 3.63) is 16.3 Å². The molecule has 7 heteroatoms. The van der Waals surface area contributed by atoms with Crippen LogP contribution in [0.25, 0.3) is 0 Å². The second-order valence-corrected chi connectivity index (χ2v) is 6.19. The molecule has 0 atom stereocenters. The first-order valence-corrected chi connectivity index (χ1v) is 6.76. The van der Waals surface area contributed by atoms with Crippen LogP contribution in [0.1, 0.15) is 22.5 Å². The summed E-state index contributed by atoms with van der Waals surface area (Å²) < 4.78 is 25.4. The van der Waals surface area contributed by atoms with E-state index in [1.165, 1.54) is 6.07 Å². The third-order valence-corrected chi connectivity index (χ3v) is 4.83. The Morgan fingerprint density at radius 3 is 2.73 bits per heavy atom. The number of hydrogen-bond donors (Lipinski definition) is 2. The van der Waals surface area contributed by atoms with Crippen molar-refractivity contribution < 1.29 is 18.3 Å². The maximum atomic E-state index is 11.5. The average molecular weight is 247 g/mol. The molecular weight excluding hydrogens is 238 g/mol. The fraction of sp³-hybridized carbons (Fsp3) is 0.375. The molecule has 0 aromatic carbocycles. The van der Waals surface area contributed by atoms with Crippen molar-refractivity contribution in [1.82, 2.24) is 0 Å². The molecule has 0 bridgehead atoms. The quantitative estimate of drug-likeness (QED) is 0.841. The predicted molar refractivity (Wildman–Crippen MR) is 56.8 cm³/mol. The Balaban J connectivity index is 2.24. The second-order valence-electron chi connectivity index (χ2n) is 3.31. The molecule has 1 aliphatic rings. The second kappa shape index (κ2) is 3.49. The van der Waals surface area contributed by atoms with Crippen molar-refractivity contribution in [2.24, 2.45) is 0 Å². The summed E-state index contributed by atoms with van der Waals surface area (Å²) in [6.45, 7) is 0. The highest BCUT2D eigenvalue weighted by atomic mass is 32.2. The van der Waals surface area contributed by atoms with Crippen LogP contribution in [0.5, 0.6) is 0 Å². The first-order chi connectivity index (χ1) is 7.00. The summed E-state index contributed by atoms with van der Waals surface area (Å²) in [7, 11) is -3.37. The van der Waals surface area contributed by atoms with Gasteiger partial charge >= 0.3 is 5.97 Å². The van der Waals surface area contributed by atoms with Crippen LogP contribution >= 0.6 is 11.3 Å². The predicted octanol–water partition coefficient (Wildman–Crippen LogP) is 1.35. The molecule has 1 saturated carbocycles. The topological polar surface area (TPSA) is 83.5 Å². The summed E-state index contributed by atoms with van der Waals surface area (Å²) in [6, 6.07) is 1.47. The molecule has 0 saturated heterocycles. The summed E-state index contributed by atoms with van der Waals surface area (Å²) in [5, 5.41) is 9.98. The van der Waals surface area contributed by atoms with Crippen LogP contribution in [0.15, 0.2) is 11.4 Å². The normalized spacial score (nSPS) is 16.3. The van der Waals surface area contributed by atoms with Crippen molar-refractivity contribution in [2.45, 2.75) is 18.1 Å². The molecule has 1 fully saturated rings. The number of rotatable bonds is 4. The van der Waals surface area contributed by atoms with Gasteiger partial charge in [0.05, 0.1) is 10.9 Å². The number of anilines is 1. The molecule has 0 aliphatic heterocycles. The van der Waals surface area contributed by atoms with Gasteiger partial charge in [0.15, 0.2) is 0 Å². The standard InChI is InChI=1S/C8H9NO4S2/c10-8(11)7-6(3-4-14-7)9-15(12,13)5-1-2-5/h3-5,9H,1-2H2,(H,10,11). The van der Waals surface area contributed by atoms with Crippen molar-refractivity contribution >= 4 is 33.0 Å². The van der Waals surface area contributed by atoms with Crippen molar-refractivity contribution in [3.63, 3.8) is 0 Å². The lowest BCUT2D eigenvalue weighted by atomic mass is 10.4. The van der Waals surface area contributed by atoms with Crippen LogP contribution in [-0.2, 0) is 10.0 Å². The van der Waals surface area contributed by atoms with E-state index >= 15 is 0 Å². The van der Waals surface area contributed by atoms with Gasteiger partial charge < -0.3 is 5.11 Å². The van der Waals surface area contributed by atoms with Crippen molar-refractivity contribution in [3.8, 4) is 0 Å². The Morgan fingerprint density at radius 1 is 1.53 bits per heavy atom. The molecule has 2 rings (SSSR count). The minimum atomic E-state index is -3.37. The van der Waals surface area contributed by atoms with E-state index in [2.05, 4.69) is 4.72 Å².